The molecule has 0 saturated carbocycles. The molecule has 0 radical (unpaired) electrons. The van der Waals surface area contributed by atoms with E-state index in [1.165, 1.54) is 50.9 Å². The van der Waals surface area contributed by atoms with Crippen molar-refractivity contribution in [3.05, 3.63) is 214 Å². The topological polar surface area (TPSA) is 147 Å². The van der Waals surface area contributed by atoms with Crippen LogP contribution in [0, 0.1) is 11.8 Å². The highest BCUT2D eigenvalue weighted by molar-refractivity contribution is 5.81. The minimum Gasteiger partial charge on any atom is -0.391 e. The number of aryl methyl sites for hydroxylation is 4. The van der Waals surface area contributed by atoms with Crippen LogP contribution in [0.2, 0.25) is 0 Å². The van der Waals surface area contributed by atoms with Crippen molar-refractivity contribution in [1.29, 1.82) is 0 Å². The average Bonchev–Trinajstić information content (AvgIpc) is 4.38. The third-order valence-corrected chi connectivity index (χ3v) is 18.5. The molecule has 6 aromatic carbocycles. The van der Waals surface area contributed by atoms with Crippen LogP contribution in [0.1, 0.15) is 134 Å². The fourth-order valence-corrected chi connectivity index (χ4v) is 13.1. The van der Waals surface area contributed by atoms with Gasteiger partial charge in [-0.3, -0.25) is 24.1 Å². The van der Waals surface area contributed by atoms with E-state index in [0.29, 0.717) is 58.6 Å². The number of aliphatic hydroxyl groups is 1. The largest absolute Gasteiger partial charge is 0.391 e. The molecule has 0 bridgehead atoms. The standard InChI is InChI=1S/C38H49N3O3.C29H38N2O3.C9H11N/c42-36(29-40-24-21-32-17-7-8-18-34(32)28-40)27-37(43)41-25-22-33(23-26-41)38(44)39-35(19-9-15-30-11-3-1-4-12-30)20-10-16-31-13-5-2-6-14-31;32-28(21-27-22-34-27)31-19-17-25(18-20-31)29(33)30-26(15-7-13-23-9-3-1-4-10-23)16-8-14-24-11-5-2-6-12-24;1-2-4-9-7-10-6-5-8(9)3-1/h1-8,11-14,17-18,33,35-36,42H,9-10,15-16,19-29H2,(H,39,44);1-6,9-12,25-27H,7-8,13-22H2,(H,30,33);1-4,10H,5-7H2. The van der Waals surface area contributed by atoms with Crippen LogP contribution in [-0.4, -0.2) is 120 Å². The van der Waals surface area contributed by atoms with Crippen molar-refractivity contribution in [2.24, 2.45) is 11.8 Å². The molecule has 12 heteroatoms. The number of hydrogen-bond donors (Lipinski definition) is 4. The first kappa shape index (κ1) is 65.5. The van der Waals surface area contributed by atoms with Crippen LogP contribution >= 0.6 is 0 Å². The molecule has 12 nitrogen and oxygen atoms in total. The zero-order chi connectivity index (χ0) is 61.0. The first-order valence-corrected chi connectivity index (χ1v) is 33.4. The van der Waals surface area contributed by atoms with E-state index in [9.17, 15) is 24.3 Å². The molecule has 5 aliphatic heterocycles. The Kier molecular flexibility index (Phi) is 26.7. The van der Waals surface area contributed by atoms with Crippen LogP contribution in [0.4, 0.5) is 0 Å². The quantitative estimate of drug-likeness (QED) is 0.0393. The van der Waals surface area contributed by atoms with Crippen LogP contribution in [0.5, 0.6) is 0 Å². The van der Waals surface area contributed by atoms with E-state index in [1.54, 1.807) is 0 Å². The van der Waals surface area contributed by atoms with E-state index in [-0.39, 0.29) is 60.1 Å². The van der Waals surface area contributed by atoms with Gasteiger partial charge in [0.15, 0.2) is 0 Å². The highest BCUT2D eigenvalue weighted by atomic mass is 16.6. The average molecular weight is 1190 g/mol. The summed E-state index contributed by atoms with van der Waals surface area (Å²) < 4.78 is 5.18. The van der Waals surface area contributed by atoms with Gasteiger partial charge in [0.2, 0.25) is 23.6 Å². The molecule has 6 aromatic rings. The van der Waals surface area contributed by atoms with Crippen LogP contribution in [0.15, 0.2) is 170 Å². The van der Waals surface area contributed by atoms with E-state index in [4.69, 9.17) is 4.74 Å². The summed E-state index contributed by atoms with van der Waals surface area (Å²) in [6.45, 7) is 7.64. The van der Waals surface area contributed by atoms with Crippen molar-refractivity contribution in [2.45, 2.75) is 166 Å². The number of likely N-dealkylation sites (tertiary alicyclic amines) is 2. The predicted molar refractivity (Wildman–Crippen MR) is 352 cm³/mol. The number of nitrogens with zero attached hydrogens (tertiary/aromatic N) is 3. The van der Waals surface area contributed by atoms with Crippen molar-refractivity contribution in [1.82, 2.24) is 30.7 Å². The Morgan fingerprint density at radius 2 is 0.875 bits per heavy atom. The van der Waals surface area contributed by atoms with E-state index in [2.05, 4.69) is 179 Å². The predicted octanol–water partition coefficient (Wildman–Crippen LogP) is 11.4. The molecule has 468 valence electrons. The van der Waals surface area contributed by atoms with Gasteiger partial charge in [0.1, 0.15) is 0 Å². The van der Waals surface area contributed by atoms with Crippen molar-refractivity contribution in [3.63, 3.8) is 0 Å². The van der Waals surface area contributed by atoms with Gasteiger partial charge < -0.3 is 35.6 Å². The Bertz CT molecular complexity index is 2890. The van der Waals surface area contributed by atoms with Crippen molar-refractivity contribution >= 4 is 23.6 Å². The summed E-state index contributed by atoms with van der Waals surface area (Å²) in [5.74, 6) is 0.401. The molecule has 0 aromatic heterocycles. The number of β-amino-alcohol motifs (C(OH)–C–C–N with tert-alkyl or cyclic N) is 1. The lowest BCUT2D eigenvalue weighted by Crippen LogP contribution is -2.46. The number of nitrogens with one attached hydrogen (secondary N) is 3. The number of carbonyl (C=O) groups is 4. The van der Waals surface area contributed by atoms with Gasteiger partial charge in [-0.25, -0.2) is 0 Å². The molecule has 5 aliphatic rings. The fraction of sp³-hybridized carbons (Fsp3) is 0.474. The van der Waals surface area contributed by atoms with Gasteiger partial charge >= 0.3 is 0 Å². The van der Waals surface area contributed by atoms with Crippen LogP contribution in [0.25, 0.3) is 0 Å². The van der Waals surface area contributed by atoms with Gasteiger partial charge in [0.05, 0.1) is 31.7 Å². The van der Waals surface area contributed by atoms with E-state index in [0.717, 1.165) is 122 Å². The molecule has 2 unspecified atom stereocenters. The molecule has 3 fully saturated rings. The smallest absolute Gasteiger partial charge is 0.225 e. The van der Waals surface area contributed by atoms with Crippen LogP contribution < -0.4 is 16.0 Å². The molecular formula is C76H98N6O6. The van der Waals surface area contributed by atoms with E-state index >= 15 is 0 Å². The van der Waals surface area contributed by atoms with Crippen molar-refractivity contribution < 1.29 is 29.0 Å². The molecule has 0 spiro atoms. The number of rotatable bonds is 26. The first-order chi connectivity index (χ1) is 43.2. The van der Waals surface area contributed by atoms with Gasteiger partial charge in [-0.1, -0.05) is 170 Å². The number of benzene rings is 6. The minimum atomic E-state index is -0.679. The van der Waals surface area contributed by atoms with Crippen molar-refractivity contribution in [3.8, 4) is 0 Å². The second-order valence-corrected chi connectivity index (χ2v) is 25.2. The number of aliphatic hydroxyl groups excluding tert-OH is 1. The first-order valence-electron chi connectivity index (χ1n) is 33.4. The number of hydrogen-bond acceptors (Lipinski definition) is 8. The number of piperidine rings is 2. The number of epoxide rings is 1. The van der Waals surface area contributed by atoms with Gasteiger partial charge in [-0.05, 0) is 167 Å². The highest BCUT2D eigenvalue weighted by Crippen LogP contribution is 2.25. The normalized spacial score (nSPS) is 17.1. The summed E-state index contributed by atoms with van der Waals surface area (Å²) in [5.41, 5.74) is 11.1. The Hall–Kier alpha value is -6.96. The van der Waals surface area contributed by atoms with Crippen LogP contribution in [-0.2, 0) is 75.5 Å². The van der Waals surface area contributed by atoms with E-state index < -0.39 is 6.10 Å². The van der Waals surface area contributed by atoms with Crippen molar-refractivity contribution in [2.75, 3.05) is 52.4 Å². The number of carbonyl (C=O) groups excluding carboxylic acids is 4. The fourth-order valence-electron chi connectivity index (χ4n) is 13.1. The SMILES string of the molecule is O=C(NC(CCCc1ccccc1)CCCc1ccccc1)C1CCN(C(=O)CC(O)CN2CCc3ccccc3C2)CC1.O=C(NC(CCCc1ccccc1)CCCc1ccccc1)C1CCN(C(=O)CC2CO2)CC1.c1ccc2c(c1)CCNC2. The lowest BCUT2D eigenvalue weighted by atomic mass is 9.93. The highest BCUT2D eigenvalue weighted by Gasteiger charge is 2.33. The number of ether oxygens (including phenoxy) is 1. The molecule has 4 N–H and O–H groups in total. The number of amides is 4. The minimum absolute atomic E-state index is 0.00605. The summed E-state index contributed by atoms with van der Waals surface area (Å²) in [5, 5.41) is 20.8. The Balaban J connectivity index is 0.000000184. The molecule has 2 atom stereocenters. The zero-order valence-electron chi connectivity index (χ0n) is 52.2. The maximum Gasteiger partial charge on any atom is 0.225 e. The summed E-state index contributed by atoms with van der Waals surface area (Å²) >= 11 is 0. The Morgan fingerprint density at radius 1 is 0.489 bits per heavy atom. The van der Waals surface area contributed by atoms with Gasteiger partial charge in [0.25, 0.3) is 0 Å². The number of fused-ring (bicyclic) bond motifs is 2. The van der Waals surface area contributed by atoms with Gasteiger partial charge in [-0.15, -0.1) is 0 Å². The third kappa shape index (κ3) is 22.6. The van der Waals surface area contributed by atoms with Crippen LogP contribution in [0.3, 0.4) is 0 Å². The monoisotopic (exact) mass is 1190 g/mol. The summed E-state index contributed by atoms with van der Waals surface area (Å²) in [4.78, 5) is 57.8. The van der Waals surface area contributed by atoms with Gasteiger partial charge in [0, 0.05) is 76.3 Å². The Morgan fingerprint density at radius 3 is 1.30 bits per heavy atom. The molecule has 3 saturated heterocycles. The lowest BCUT2D eigenvalue weighted by Gasteiger charge is -2.34. The molecule has 5 heterocycles. The second kappa shape index (κ2) is 35.9. The summed E-state index contributed by atoms with van der Waals surface area (Å²) in [6.07, 6.45) is 17.4. The zero-order valence-corrected chi connectivity index (χ0v) is 52.2. The Labute approximate surface area is 525 Å². The maximum atomic E-state index is 13.4. The maximum absolute atomic E-state index is 13.4. The molecule has 4 amide bonds. The molecule has 11 rings (SSSR count). The van der Waals surface area contributed by atoms with Gasteiger partial charge in [-0.2, -0.15) is 0 Å². The molecule has 0 aliphatic carbocycles. The third-order valence-electron chi connectivity index (χ3n) is 18.5. The molecule has 88 heavy (non-hydrogen) atoms. The second-order valence-electron chi connectivity index (χ2n) is 25.2. The lowest BCUT2D eigenvalue weighted by molar-refractivity contribution is -0.137. The summed E-state index contributed by atoms with van der Waals surface area (Å²) in [7, 11) is 0. The van der Waals surface area contributed by atoms with E-state index in [1.807, 2.05) is 21.9 Å². The molecular weight excluding hydrogens is 1090 g/mol. The summed E-state index contributed by atoms with van der Waals surface area (Å²) in [6, 6.07) is 59.7.